The van der Waals surface area contributed by atoms with E-state index < -0.39 is 11.5 Å². The average Bonchev–Trinajstić information content (AvgIpc) is 3.22. The Morgan fingerprint density at radius 1 is 1.20 bits per heavy atom. The van der Waals surface area contributed by atoms with E-state index in [1.54, 1.807) is 0 Å². The summed E-state index contributed by atoms with van der Waals surface area (Å²) in [6.45, 7) is 7.75. The summed E-state index contributed by atoms with van der Waals surface area (Å²) in [5, 5.41) is 11.1. The number of rotatable bonds is 0. The van der Waals surface area contributed by atoms with Crippen LogP contribution in [0.3, 0.4) is 0 Å². The van der Waals surface area contributed by atoms with Gasteiger partial charge >= 0.3 is 5.97 Å². The highest BCUT2D eigenvalue weighted by Gasteiger charge is 2.78. The van der Waals surface area contributed by atoms with Gasteiger partial charge in [-0.2, -0.15) is 0 Å². The summed E-state index contributed by atoms with van der Waals surface area (Å²) in [6, 6.07) is 0. The summed E-state index contributed by atoms with van der Waals surface area (Å²) in [5.41, 5.74) is -0.0974. The fourth-order valence-electron chi connectivity index (χ4n) is 7.89. The standard InChI is InChI=1S/C20H26O5/c1-10-11-3-4-12-19(7-11,15(10)21)17(22)25-13-5-6-18(2)8-23-16-14(18)20(12,13)9-24-16/h11-16,21H,1,3-9H2,2H3/t11-,12?,13+,14-,15-,16?,18+,19+,20-/m1/s1. The van der Waals surface area contributed by atoms with Crippen molar-refractivity contribution in [3.63, 3.8) is 0 Å². The summed E-state index contributed by atoms with van der Waals surface area (Å²) in [5.74, 6) is 0.425. The second-order valence-corrected chi connectivity index (χ2v) is 9.72. The molecule has 2 spiro atoms. The molecule has 6 rings (SSSR count). The lowest BCUT2D eigenvalue weighted by Crippen LogP contribution is -2.68. The van der Waals surface area contributed by atoms with Crippen molar-refractivity contribution in [1.29, 1.82) is 0 Å². The van der Waals surface area contributed by atoms with E-state index in [0.29, 0.717) is 13.0 Å². The van der Waals surface area contributed by atoms with Crippen LogP contribution in [0.15, 0.2) is 12.2 Å². The molecule has 9 atom stereocenters. The van der Waals surface area contributed by atoms with Gasteiger partial charge in [-0.05, 0) is 54.9 Å². The van der Waals surface area contributed by atoms with Gasteiger partial charge in [-0.3, -0.25) is 4.79 Å². The minimum absolute atomic E-state index is 0.0834. The summed E-state index contributed by atoms with van der Waals surface area (Å²) in [7, 11) is 0. The van der Waals surface area contributed by atoms with Crippen LogP contribution in [0.25, 0.3) is 0 Å². The molecule has 0 amide bonds. The largest absolute Gasteiger partial charge is 0.461 e. The van der Waals surface area contributed by atoms with Crippen LogP contribution in [0.4, 0.5) is 0 Å². The summed E-state index contributed by atoms with van der Waals surface area (Å²) >= 11 is 0. The van der Waals surface area contributed by atoms with E-state index in [-0.39, 0.29) is 46.9 Å². The number of hydrogen-bond donors (Lipinski definition) is 1. The number of aliphatic hydroxyl groups excluding tert-OH is 1. The zero-order valence-electron chi connectivity index (χ0n) is 14.7. The minimum Gasteiger partial charge on any atom is -0.461 e. The molecule has 5 nitrogen and oxygen atoms in total. The Labute approximate surface area is 147 Å². The van der Waals surface area contributed by atoms with Gasteiger partial charge in [-0.15, -0.1) is 0 Å². The maximum atomic E-state index is 13.2. The van der Waals surface area contributed by atoms with Gasteiger partial charge < -0.3 is 19.3 Å². The van der Waals surface area contributed by atoms with Crippen LogP contribution >= 0.6 is 0 Å². The van der Waals surface area contributed by atoms with E-state index in [4.69, 9.17) is 14.2 Å². The van der Waals surface area contributed by atoms with Crippen molar-refractivity contribution < 1.29 is 24.1 Å². The van der Waals surface area contributed by atoms with Gasteiger partial charge in [0.15, 0.2) is 6.29 Å². The average molecular weight is 346 g/mol. The SMILES string of the molecule is C=C1[C@@H]2CCC3[C@]45COC6OC[C@](C)(CC[C@@H]4OC(=O)[C@]3(C2)[C@@H]1O)[C@@H]65. The number of ether oxygens (including phenoxy) is 3. The highest BCUT2D eigenvalue weighted by atomic mass is 16.7. The van der Waals surface area contributed by atoms with Gasteiger partial charge in [0, 0.05) is 11.3 Å². The number of fused-ring (bicyclic) bond motifs is 1. The van der Waals surface area contributed by atoms with Gasteiger partial charge in [0.2, 0.25) is 0 Å². The Bertz CT molecular complexity index is 690. The molecule has 3 aliphatic carbocycles. The third kappa shape index (κ3) is 1.42. The van der Waals surface area contributed by atoms with Crippen LogP contribution in [0, 0.1) is 34.0 Å². The second-order valence-electron chi connectivity index (χ2n) is 9.72. The predicted octanol–water partition coefficient (Wildman–Crippen LogP) is 2.03. The molecule has 5 heteroatoms. The van der Waals surface area contributed by atoms with Crippen LogP contribution < -0.4 is 0 Å². The summed E-state index contributed by atoms with van der Waals surface area (Å²) in [6.07, 6.45) is 3.50. The lowest BCUT2D eigenvalue weighted by molar-refractivity contribution is -0.243. The van der Waals surface area contributed by atoms with Crippen molar-refractivity contribution in [1.82, 2.24) is 0 Å². The maximum Gasteiger partial charge on any atom is 0.315 e. The first-order valence-corrected chi connectivity index (χ1v) is 9.74. The highest BCUT2D eigenvalue weighted by Crippen LogP contribution is 2.73. The summed E-state index contributed by atoms with van der Waals surface area (Å²) < 4.78 is 18.3. The number of aliphatic hydroxyl groups is 1. The molecule has 6 fully saturated rings. The third-order valence-corrected chi connectivity index (χ3v) is 8.91. The molecule has 6 aliphatic rings. The molecule has 0 aromatic heterocycles. The monoisotopic (exact) mass is 346 g/mol. The van der Waals surface area contributed by atoms with Gasteiger partial charge in [-0.25, -0.2) is 0 Å². The fraction of sp³-hybridized carbons (Fsp3) is 0.850. The van der Waals surface area contributed by atoms with Gasteiger partial charge in [0.25, 0.3) is 0 Å². The van der Waals surface area contributed by atoms with Crippen LogP contribution in [-0.2, 0) is 19.0 Å². The number of carbonyl (C=O) groups is 1. The van der Waals surface area contributed by atoms with Crippen LogP contribution in [-0.4, -0.2) is 42.8 Å². The van der Waals surface area contributed by atoms with E-state index in [9.17, 15) is 9.90 Å². The van der Waals surface area contributed by atoms with Crippen LogP contribution in [0.5, 0.6) is 0 Å². The minimum atomic E-state index is -0.810. The molecule has 0 aromatic carbocycles. The zero-order valence-corrected chi connectivity index (χ0v) is 14.7. The fourth-order valence-corrected chi connectivity index (χ4v) is 7.89. The van der Waals surface area contributed by atoms with E-state index in [2.05, 4.69) is 13.5 Å². The van der Waals surface area contributed by atoms with Crippen molar-refractivity contribution >= 4 is 5.97 Å². The molecule has 2 unspecified atom stereocenters. The molecule has 25 heavy (non-hydrogen) atoms. The van der Waals surface area contributed by atoms with Crippen LogP contribution in [0.2, 0.25) is 0 Å². The molecular weight excluding hydrogens is 320 g/mol. The van der Waals surface area contributed by atoms with Crippen molar-refractivity contribution in [2.75, 3.05) is 13.2 Å². The molecule has 2 bridgehead atoms. The first-order valence-electron chi connectivity index (χ1n) is 9.74. The molecule has 3 saturated carbocycles. The van der Waals surface area contributed by atoms with Crippen molar-refractivity contribution in [3.8, 4) is 0 Å². The first-order chi connectivity index (χ1) is 11.9. The molecular formula is C20H26O5. The van der Waals surface area contributed by atoms with Crippen molar-refractivity contribution in [2.24, 2.45) is 34.0 Å². The van der Waals surface area contributed by atoms with Gasteiger partial charge in [-0.1, -0.05) is 13.5 Å². The Hall–Kier alpha value is -0.910. The van der Waals surface area contributed by atoms with Crippen molar-refractivity contribution in [2.45, 2.75) is 57.5 Å². The molecule has 1 N–H and O–H groups in total. The van der Waals surface area contributed by atoms with Crippen LogP contribution in [0.1, 0.15) is 39.0 Å². The van der Waals surface area contributed by atoms with E-state index in [0.717, 1.165) is 37.9 Å². The molecule has 136 valence electrons. The molecule has 3 heterocycles. The van der Waals surface area contributed by atoms with E-state index in [1.807, 2.05) is 0 Å². The van der Waals surface area contributed by atoms with Gasteiger partial charge in [0.05, 0.1) is 19.3 Å². The third-order valence-electron chi connectivity index (χ3n) is 8.91. The first kappa shape index (κ1) is 15.2. The Kier molecular flexibility index (Phi) is 2.62. The normalized spacial score (nSPS) is 61.5. The van der Waals surface area contributed by atoms with E-state index in [1.165, 1.54) is 0 Å². The molecule has 0 radical (unpaired) electrons. The summed E-state index contributed by atoms with van der Waals surface area (Å²) in [4.78, 5) is 13.2. The Morgan fingerprint density at radius 3 is 2.84 bits per heavy atom. The number of hydrogen-bond acceptors (Lipinski definition) is 5. The molecule has 0 aromatic rings. The Balaban J connectivity index is 1.55. The predicted molar refractivity (Wildman–Crippen MR) is 87.2 cm³/mol. The number of carbonyl (C=O) groups excluding carboxylic acids is 1. The molecule has 3 aliphatic heterocycles. The lowest BCUT2D eigenvalue weighted by Gasteiger charge is -2.61. The second kappa shape index (κ2) is 4.32. The van der Waals surface area contributed by atoms with Gasteiger partial charge in [0.1, 0.15) is 11.5 Å². The quantitative estimate of drug-likeness (QED) is 0.537. The topological polar surface area (TPSA) is 65.0 Å². The molecule has 3 saturated heterocycles. The maximum absolute atomic E-state index is 13.2. The highest BCUT2D eigenvalue weighted by molar-refractivity contribution is 5.81. The van der Waals surface area contributed by atoms with E-state index >= 15 is 0 Å². The zero-order chi connectivity index (χ0) is 17.2. The smallest absolute Gasteiger partial charge is 0.315 e. The van der Waals surface area contributed by atoms with Crippen molar-refractivity contribution in [3.05, 3.63) is 12.2 Å². The Morgan fingerprint density at radius 2 is 2.00 bits per heavy atom. The number of esters is 1. The lowest BCUT2D eigenvalue weighted by atomic mass is 9.44.